The molecule has 0 aliphatic carbocycles. The molecule has 0 saturated carbocycles. The Morgan fingerprint density at radius 1 is 1.10 bits per heavy atom. The van der Waals surface area contributed by atoms with Gasteiger partial charge in [0.15, 0.2) is 0 Å². The van der Waals surface area contributed by atoms with Gasteiger partial charge in [-0.3, -0.25) is 9.59 Å². The SMILES string of the molecule is NC(=O)c1cc(NC(=O)c2ccc(Br)cc2)ccc1Cl. The summed E-state index contributed by atoms with van der Waals surface area (Å²) in [5.41, 5.74) is 6.33. The summed E-state index contributed by atoms with van der Waals surface area (Å²) in [4.78, 5) is 23.2. The summed E-state index contributed by atoms with van der Waals surface area (Å²) in [7, 11) is 0. The van der Waals surface area contributed by atoms with Gasteiger partial charge in [-0.15, -0.1) is 0 Å². The number of hydrogen-bond donors (Lipinski definition) is 2. The van der Waals surface area contributed by atoms with Gasteiger partial charge < -0.3 is 11.1 Å². The van der Waals surface area contributed by atoms with E-state index >= 15 is 0 Å². The lowest BCUT2D eigenvalue weighted by Crippen LogP contribution is -2.14. The summed E-state index contributed by atoms with van der Waals surface area (Å²) in [5.74, 6) is -0.926. The minimum Gasteiger partial charge on any atom is -0.366 e. The number of halogens is 2. The molecule has 2 rings (SSSR count). The van der Waals surface area contributed by atoms with Crippen molar-refractivity contribution >= 4 is 45.0 Å². The normalized spacial score (nSPS) is 10.1. The fraction of sp³-hybridized carbons (Fsp3) is 0. The smallest absolute Gasteiger partial charge is 0.255 e. The third-order valence-corrected chi connectivity index (χ3v) is 3.45. The second kappa shape index (κ2) is 6.07. The summed E-state index contributed by atoms with van der Waals surface area (Å²) in [6.07, 6.45) is 0. The molecule has 0 atom stereocenters. The van der Waals surface area contributed by atoms with E-state index in [0.717, 1.165) is 4.47 Å². The number of nitrogens with two attached hydrogens (primary N) is 1. The Bertz CT molecular complexity index is 671. The molecule has 0 saturated heterocycles. The van der Waals surface area contributed by atoms with Crippen LogP contribution in [-0.4, -0.2) is 11.8 Å². The van der Waals surface area contributed by atoms with Gasteiger partial charge in [-0.1, -0.05) is 27.5 Å². The molecule has 0 heterocycles. The fourth-order valence-corrected chi connectivity index (χ4v) is 2.07. The molecule has 2 aromatic rings. The number of anilines is 1. The molecule has 0 aliphatic rings. The molecule has 4 nitrogen and oxygen atoms in total. The maximum atomic E-state index is 12.0. The Labute approximate surface area is 129 Å². The van der Waals surface area contributed by atoms with Crippen LogP contribution < -0.4 is 11.1 Å². The zero-order valence-corrected chi connectivity index (χ0v) is 12.5. The van der Waals surface area contributed by atoms with Crippen molar-refractivity contribution in [1.82, 2.24) is 0 Å². The minimum atomic E-state index is -0.644. The van der Waals surface area contributed by atoms with Gasteiger partial charge in [-0.25, -0.2) is 0 Å². The number of benzene rings is 2. The molecule has 0 aliphatic heterocycles. The van der Waals surface area contributed by atoms with Gasteiger partial charge in [-0.05, 0) is 42.5 Å². The third-order valence-electron chi connectivity index (χ3n) is 2.60. The van der Waals surface area contributed by atoms with Crippen molar-refractivity contribution in [3.05, 3.63) is 63.1 Å². The van der Waals surface area contributed by atoms with Crippen LogP contribution >= 0.6 is 27.5 Å². The number of carbonyl (C=O) groups excluding carboxylic acids is 2. The lowest BCUT2D eigenvalue weighted by atomic mass is 10.1. The van der Waals surface area contributed by atoms with Crippen molar-refractivity contribution in [3.8, 4) is 0 Å². The van der Waals surface area contributed by atoms with Crippen LogP contribution in [0.5, 0.6) is 0 Å². The molecule has 102 valence electrons. The third kappa shape index (κ3) is 3.37. The maximum absolute atomic E-state index is 12.0. The zero-order valence-electron chi connectivity index (χ0n) is 10.2. The van der Waals surface area contributed by atoms with E-state index in [1.807, 2.05) is 0 Å². The average Bonchev–Trinajstić information content (AvgIpc) is 2.41. The number of carbonyl (C=O) groups is 2. The Balaban J connectivity index is 2.21. The Kier molecular flexibility index (Phi) is 4.42. The van der Waals surface area contributed by atoms with Crippen molar-refractivity contribution in [2.45, 2.75) is 0 Å². The highest BCUT2D eigenvalue weighted by molar-refractivity contribution is 9.10. The number of rotatable bonds is 3. The highest BCUT2D eigenvalue weighted by atomic mass is 79.9. The lowest BCUT2D eigenvalue weighted by Gasteiger charge is -2.07. The van der Waals surface area contributed by atoms with Crippen LogP contribution in [0.1, 0.15) is 20.7 Å². The number of amides is 2. The van der Waals surface area contributed by atoms with Crippen molar-refractivity contribution in [2.24, 2.45) is 5.73 Å². The molecule has 3 N–H and O–H groups in total. The van der Waals surface area contributed by atoms with E-state index in [-0.39, 0.29) is 16.5 Å². The van der Waals surface area contributed by atoms with Crippen LogP contribution in [0.3, 0.4) is 0 Å². The predicted octanol–water partition coefficient (Wildman–Crippen LogP) is 3.45. The number of nitrogens with one attached hydrogen (secondary N) is 1. The number of hydrogen-bond acceptors (Lipinski definition) is 2. The average molecular weight is 354 g/mol. The van der Waals surface area contributed by atoms with Gasteiger partial charge in [0, 0.05) is 15.7 Å². The first kappa shape index (κ1) is 14.6. The van der Waals surface area contributed by atoms with Crippen LogP contribution in [0, 0.1) is 0 Å². The van der Waals surface area contributed by atoms with E-state index in [1.165, 1.54) is 12.1 Å². The van der Waals surface area contributed by atoms with Crippen LogP contribution in [0.4, 0.5) is 5.69 Å². The van der Waals surface area contributed by atoms with E-state index in [2.05, 4.69) is 21.2 Å². The zero-order chi connectivity index (χ0) is 14.7. The first-order valence-corrected chi connectivity index (χ1v) is 6.81. The van der Waals surface area contributed by atoms with Gasteiger partial charge in [0.1, 0.15) is 0 Å². The molecule has 0 fully saturated rings. The molecule has 0 bridgehead atoms. The molecular weight excluding hydrogens is 344 g/mol. The number of primary amides is 1. The van der Waals surface area contributed by atoms with E-state index in [9.17, 15) is 9.59 Å². The topological polar surface area (TPSA) is 72.2 Å². The first-order chi connectivity index (χ1) is 9.47. The molecule has 2 aromatic carbocycles. The van der Waals surface area contributed by atoms with Gasteiger partial charge in [0.2, 0.25) is 5.91 Å². The van der Waals surface area contributed by atoms with Gasteiger partial charge in [0.05, 0.1) is 10.6 Å². The van der Waals surface area contributed by atoms with E-state index < -0.39 is 5.91 Å². The van der Waals surface area contributed by atoms with Gasteiger partial charge in [-0.2, -0.15) is 0 Å². The summed E-state index contributed by atoms with van der Waals surface area (Å²) in [6.45, 7) is 0. The monoisotopic (exact) mass is 352 g/mol. The van der Waals surface area contributed by atoms with E-state index in [0.29, 0.717) is 11.3 Å². The molecule has 0 spiro atoms. The Morgan fingerprint density at radius 3 is 2.35 bits per heavy atom. The van der Waals surface area contributed by atoms with Crippen molar-refractivity contribution in [3.63, 3.8) is 0 Å². The standard InChI is InChI=1S/C14H10BrClN2O2/c15-9-3-1-8(2-4-9)14(20)18-10-5-6-12(16)11(7-10)13(17)19/h1-7H,(H2,17,19)(H,18,20). The highest BCUT2D eigenvalue weighted by Crippen LogP contribution is 2.21. The molecule has 6 heteroatoms. The molecule has 20 heavy (non-hydrogen) atoms. The van der Waals surface area contributed by atoms with Crippen LogP contribution in [-0.2, 0) is 0 Å². The molecule has 0 radical (unpaired) electrons. The molecular formula is C14H10BrClN2O2. The second-order valence-corrected chi connectivity index (χ2v) is 5.34. The van der Waals surface area contributed by atoms with Crippen LogP contribution in [0.15, 0.2) is 46.9 Å². The molecule has 2 amide bonds. The van der Waals surface area contributed by atoms with Gasteiger partial charge >= 0.3 is 0 Å². The lowest BCUT2D eigenvalue weighted by molar-refractivity contribution is 0.0996. The van der Waals surface area contributed by atoms with E-state index in [1.54, 1.807) is 30.3 Å². The summed E-state index contributed by atoms with van der Waals surface area (Å²) >= 11 is 9.14. The van der Waals surface area contributed by atoms with Crippen LogP contribution in [0.25, 0.3) is 0 Å². The largest absolute Gasteiger partial charge is 0.366 e. The minimum absolute atomic E-state index is 0.167. The Morgan fingerprint density at radius 2 is 1.75 bits per heavy atom. The summed E-state index contributed by atoms with van der Waals surface area (Å²) in [5, 5.41) is 2.93. The molecule has 0 aromatic heterocycles. The quantitative estimate of drug-likeness (QED) is 0.887. The molecule has 0 unspecified atom stereocenters. The Hall–Kier alpha value is -1.85. The summed E-state index contributed by atoms with van der Waals surface area (Å²) in [6, 6.07) is 11.5. The second-order valence-electron chi connectivity index (χ2n) is 4.02. The van der Waals surface area contributed by atoms with Crippen molar-refractivity contribution < 1.29 is 9.59 Å². The first-order valence-electron chi connectivity index (χ1n) is 5.63. The highest BCUT2D eigenvalue weighted by Gasteiger charge is 2.10. The predicted molar refractivity (Wildman–Crippen MR) is 82.1 cm³/mol. The van der Waals surface area contributed by atoms with Crippen LogP contribution in [0.2, 0.25) is 5.02 Å². The van der Waals surface area contributed by atoms with E-state index in [4.69, 9.17) is 17.3 Å². The van der Waals surface area contributed by atoms with Crippen molar-refractivity contribution in [1.29, 1.82) is 0 Å². The van der Waals surface area contributed by atoms with Crippen molar-refractivity contribution in [2.75, 3.05) is 5.32 Å². The maximum Gasteiger partial charge on any atom is 0.255 e. The fourth-order valence-electron chi connectivity index (χ4n) is 1.60. The summed E-state index contributed by atoms with van der Waals surface area (Å²) < 4.78 is 0.886. The van der Waals surface area contributed by atoms with Gasteiger partial charge in [0.25, 0.3) is 5.91 Å².